The minimum atomic E-state index is -0.421. The molecule has 0 fully saturated rings. The second kappa shape index (κ2) is 15.8. The minimum absolute atomic E-state index is 0.421. The van der Waals surface area contributed by atoms with E-state index < -0.39 is 5.41 Å². The SMILES string of the molecule is N#Cc1ccc(N(c2ccc3c(-c4cccc5oc6ccc(-c7cccc8c7-c7ccccc7C87c8ccccc8-c8ccccc87)cc6c45)cccc3c2)c2nc(-c3ccccc3)c3ccccc3n2)cc1. The van der Waals surface area contributed by atoms with Gasteiger partial charge in [0.15, 0.2) is 0 Å². The molecule has 0 atom stereocenters. The quantitative estimate of drug-likeness (QED) is 0.166. The lowest BCUT2D eigenvalue weighted by molar-refractivity contribution is 0.669. The standard InChI is InChI=1S/C68H40N4O/c69-41-42-31-34-46(35-32-42)72(67-70-61-29-11-7-21-55(61)66(71-67)43-15-2-1-3-16-43)47-36-37-48-44(39-47)17-12-23-50(48)53-24-14-30-63-65(53)56-40-45(33-38-62(56)73-63)49-22-13-28-60-64(49)54-20-6-10-27-59(54)68(60)57-25-8-4-18-51(57)52-19-5-9-26-58(52)68/h1-40H. The van der Waals surface area contributed by atoms with Crippen LogP contribution in [0.4, 0.5) is 17.3 Å². The van der Waals surface area contributed by atoms with Gasteiger partial charge in [0.1, 0.15) is 11.2 Å². The number of hydrogen-bond acceptors (Lipinski definition) is 5. The molecule has 338 valence electrons. The van der Waals surface area contributed by atoms with Crippen molar-refractivity contribution in [3.8, 4) is 61.8 Å². The fourth-order valence-electron chi connectivity index (χ4n) is 12.3. The van der Waals surface area contributed by atoms with Crippen LogP contribution in [0, 0.1) is 11.3 Å². The second-order valence-electron chi connectivity index (χ2n) is 19.1. The van der Waals surface area contributed by atoms with E-state index in [-0.39, 0.29) is 0 Å². The molecule has 0 radical (unpaired) electrons. The summed E-state index contributed by atoms with van der Waals surface area (Å²) < 4.78 is 6.72. The van der Waals surface area contributed by atoms with Gasteiger partial charge < -0.3 is 4.42 Å². The van der Waals surface area contributed by atoms with Crippen LogP contribution >= 0.6 is 0 Å². The zero-order valence-electron chi connectivity index (χ0n) is 39.3. The summed E-state index contributed by atoms with van der Waals surface area (Å²) in [4.78, 5) is 12.6. The molecule has 5 heteroatoms. The molecule has 1 spiro atoms. The summed E-state index contributed by atoms with van der Waals surface area (Å²) in [6, 6.07) is 88.4. The highest BCUT2D eigenvalue weighted by Gasteiger charge is 2.52. The smallest absolute Gasteiger partial charge is 0.235 e. The molecular formula is C68H40N4O. The monoisotopic (exact) mass is 928 g/mol. The molecule has 2 aliphatic rings. The van der Waals surface area contributed by atoms with Crippen LogP contribution < -0.4 is 4.90 Å². The molecule has 13 aromatic rings. The lowest BCUT2D eigenvalue weighted by atomic mass is 9.70. The Labute approximate surface area is 421 Å². The average molecular weight is 929 g/mol. The Balaban J connectivity index is 0.888. The number of benzene rings is 11. The molecule has 0 saturated heterocycles. The molecule has 2 aliphatic carbocycles. The van der Waals surface area contributed by atoms with E-state index in [4.69, 9.17) is 14.4 Å². The van der Waals surface area contributed by atoms with E-state index >= 15 is 0 Å². The maximum atomic E-state index is 9.76. The number of nitrogens with zero attached hydrogens (tertiary/aromatic N) is 4. The molecule has 0 unspecified atom stereocenters. The third-order valence-corrected chi connectivity index (χ3v) is 15.3. The van der Waals surface area contributed by atoms with Crippen molar-refractivity contribution in [2.45, 2.75) is 5.41 Å². The Morgan fingerprint density at radius 3 is 1.84 bits per heavy atom. The van der Waals surface area contributed by atoms with Crippen molar-refractivity contribution in [2.75, 3.05) is 4.90 Å². The molecule has 0 N–H and O–H groups in total. The summed E-state index contributed by atoms with van der Waals surface area (Å²) in [6.45, 7) is 0. The van der Waals surface area contributed by atoms with Crippen molar-refractivity contribution in [3.63, 3.8) is 0 Å². The fraction of sp³-hybridized carbons (Fsp3) is 0.0147. The first-order valence-corrected chi connectivity index (χ1v) is 24.7. The number of anilines is 3. The van der Waals surface area contributed by atoms with Gasteiger partial charge in [0.25, 0.3) is 0 Å². The van der Waals surface area contributed by atoms with Crippen molar-refractivity contribution >= 4 is 60.9 Å². The number of para-hydroxylation sites is 1. The Bertz CT molecular complexity index is 4420. The maximum absolute atomic E-state index is 9.76. The maximum Gasteiger partial charge on any atom is 0.235 e. The molecule has 0 amide bonds. The first kappa shape index (κ1) is 40.9. The topological polar surface area (TPSA) is 66.0 Å². The van der Waals surface area contributed by atoms with Gasteiger partial charge in [-0.2, -0.15) is 5.26 Å². The van der Waals surface area contributed by atoms with Gasteiger partial charge in [-0.15, -0.1) is 0 Å². The van der Waals surface area contributed by atoms with E-state index in [1.54, 1.807) is 0 Å². The van der Waals surface area contributed by atoms with Gasteiger partial charge in [-0.05, 0) is 138 Å². The summed E-state index contributed by atoms with van der Waals surface area (Å²) in [5, 5.41) is 15.0. The predicted octanol–water partition coefficient (Wildman–Crippen LogP) is 17.4. The predicted molar refractivity (Wildman–Crippen MR) is 296 cm³/mol. The van der Waals surface area contributed by atoms with Crippen LogP contribution in [-0.2, 0) is 5.41 Å². The van der Waals surface area contributed by atoms with Gasteiger partial charge >= 0.3 is 0 Å². The number of rotatable bonds is 6. The first-order valence-electron chi connectivity index (χ1n) is 24.7. The van der Waals surface area contributed by atoms with Crippen LogP contribution in [-0.4, -0.2) is 9.97 Å². The number of nitriles is 1. The Morgan fingerprint density at radius 1 is 0.411 bits per heavy atom. The van der Waals surface area contributed by atoms with Gasteiger partial charge in [0, 0.05) is 33.1 Å². The van der Waals surface area contributed by atoms with Crippen molar-refractivity contribution in [1.29, 1.82) is 5.26 Å². The fourth-order valence-corrected chi connectivity index (χ4v) is 12.3. The van der Waals surface area contributed by atoms with Crippen molar-refractivity contribution in [3.05, 3.63) is 270 Å². The molecule has 11 aromatic carbocycles. The third kappa shape index (κ3) is 5.96. The summed E-state index contributed by atoms with van der Waals surface area (Å²) in [6.07, 6.45) is 0. The van der Waals surface area contributed by atoms with Gasteiger partial charge in [-0.25, -0.2) is 9.97 Å². The highest BCUT2D eigenvalue weighted by atomic mass is 16.3. The van der Waals surface area contributed by atoms with Crippen LogP contribution in [0.1, 0.15) is 27.8 Å². The zero-order chi connectivity index (χ0) is 48.2. The largest absolute Gasteiger partial charge is 0.456 e. The van der Waals surface area contributed by atoms with Crippen LogP contribution in [0.2, 0.25) is 0 Å². The third-order valence-electron chi connectivity index (χ3n) is 15.3. The van der Waals surface area contributed by atoms with Crippen LogP contribution in [0.15, 0.2) is 247 Å². The minimum Gasteiger partial charge on any atom is -0.456 e. The van der Waals surface area contributed by atoms with E-state index in [2.05, 4.69) is 193 Å². The number of furan rings is 1. The zero-order valence-corrected chi connectivity index (χ0v) is 39.3. The molecule has 5 nitrogen and oxygen atoms in total. The van der Waals surface area contributed by atoms with E-state index in [1.165, 1.54) is 50.1 Å². The number of hydrogen-bond donors (Lipinski definition) is 0. The van der Waals surface area contributed by atoms with Crippen LogP contribution in [0.3, 0.4) is 0 Å². The number of aromatic nitrogens is 2. The molecular weight excluding hydrogens is 889 g/mol. The highest BCUT2D eigenvalue weighted by Crippen LogP contribution is 2.64. The van der Waals surface area contributed by atoms with Gasteiger partial charge in [-0.3, -0.25) is 4.90 Å². The van der Waals surface area contributed by atoms with E-state index in [9.17, 15) is 5.26 Å². The normalized spacial score (nSPS) is 12.8. The Morgan fingerprint density at radius 2 is 1.04 bits per heavy atom. The summed E-state index contributed by atoms with van der Waals surface area (Å²) in [7, 11) is 0. The van der Waals surface area contributed by atoms with Crippen LogP contribution in [0.25, 0.3) is 99.4 Å². The molecule has 73 heavy (non-hydrogen) atoms. The second-order valence-corrected chi connectivity index (χ2v) is 19.1. The van der Waals surface area contributed by atoms with Crippen molar-refractivity contribution in [1.82, 2.24) is 9.97 Å². The highest BCUT2D eigenvalue weighted by molar-refractivity contribution is 6.16. The average Bonchev–Trinajstić information content (AvgIpc) is 4.10. The summed E-state index contributed by atoms with van der Waals surface area (Å²) in [5.41, 5.74) is 21.3. The summed E-state index contributed by atoms with van der Waals surface area (Å²) in [5.74, 6) is 0.531. The van der Waals surface area contributed by atoms with Crippen molar-refractivity contribution in [2.24, 2.45) is 0 Å². The Hall–Kier alpha value is -9.89. The first-order chi connectivity index (χ1) is 36.2. The molecule has 2 aromatic heterocycles. The Kier molecular flexibility index (Phi) is 8.87. The summed E-state index contributed by atoms with van der Waals surface area (Å²) >= 11 is 0. The van der Waals surface area contributed by atoms with E-state index in [0.717, 1.165) is 82.9 Å². The molecule has 2 heterocycles. The van der Waals surface area contributed by atoms with Gasteiger partial charge in [0.2, 0.25) is 5.95 Å². The molecule has 0 bridgehead atoms. The van der Waals surface area contributed by atoms with Crippen molar-refractivity contribution < 1.29 is 4.42 Å². The van der Waals surface area contributed by atoms with Gasteiger partial charge in [-0.1, -0.05) is 182 Å². The van der Waals surface area contributed by atoms with E-state index in [1.807, 2.05) is 60.7 Å². The lowest BCUT2D eigenvalue weighted by Gasteiger charge is -2.30. The molecule has 15 rings (SSSR count). The lowest BCUT2D eigenvalue weighted by Crippen LogP contribution is -2.25. The molecule has 0 aliphatic heterocycles. The number of fused-ring (bicyclic) bond motifs is 15. The van der Waals surface area contributed by atoms with E-state index in [0.29, 0.717) is 11.5 Å². The van der Waals surface area contributed by atoms with Gasteiger partial charge in [0.05, 0.1) is 28.3 Å². The molecule has 0 saturated carbocycles. The van der Waals surface area contributed by atoms with Crippen LogP contribution in [0.5, 0.6) is 0 Å².